The van der Waals surface area contributed by atoms with Gasteiger partial charge in [-0.15, -0.1) is 0 Å². The summed E-state index contributed by atoms with van der Waals surface area (Å²) in [5, 5.41) is 8.48. The maximum absolute atomic E-state index is 6.29. The molecule has 0 saturated heterocycles. The molecule has 0 aliphatic heterocycles. The Morgan fingerprint density at radius 3 is 2.80 bits per heavy atom. The number of hydrogen-bond acceptors (Lipinski definition) is 4. The van der Waals surface area contributed by atoms with Gasteiger partial charge >= 0.3 is 0 Å². The van der Waals surface area contributed by atoms with Crippen LogP contribution < -0.4 is 5.32 Å². The van der Waals surface area contributed by atoms with E-state index in [-0.39, 0.29) is 6.04 Å². The second kappa shape index (κ2) is 10.2. The molecule has 0 radical (unpaired) electrons. The Labute approximate surface area is 126 Å². The molecule has 1 heterocycles. The van der Waals surface area contributed by atoms with E-state index >= 15 is 0 Å². The second-order valence-corrected chi connectivity index (χ2v) is 5.01. The van der Waals surface area contributed by atoms with Crippen molar-refractivity contribution in [3.05, 3.63) is 16.9 Å². The molecule has 20 heavy (non-hydrogen) atoms. The third-order valence-corrected chi connectivity index (χ3v) is 3.31. The van der Waals surface area contributed by atoms with E-state index < -0.39 is 0 Å². The highest BCUT2D eigenvalue weighted by Gasteiger charge is 2.19. The van der Waals surface area contributed by atoms with Gasteiger partial charge in [0.05, 0.1) is 36.1 Å². The molecule has 0 fully saturated rings. The molecule has 1 rings (SSSR count). The average Bonchev–Trinajstić information content (AvgIpc) is 2.81. The van der Waals surface area contributed by atoms with Crippen molar-refractivity contribution in [2.45, 2.75) is 39.3 Å². The van der Waals surface area contributed by atoms with Crippen LogP contribution in [-0.2, 0) is 16.0 Å². The number of nitrogens with one attached hydrogen (secondary N) is 1. The molecule has 6 heteroatoms. The molecule has 1 atom stereocenters. The van der Waals surface area contributed by atoms with Gasteiger partial charge in [-0.1, -0.05) is 25.4 Å². The Morgan fingerprint density at radius 1 is 1.35 bits per heavy atom. The van der Waals surface area contributed by atoms with Gasteiger partial charge in [0.15, 0.2) is 0 Å². The molecule has 0 spiro atoms. The molecule has 116 valence electrons. The van der Waals surface area contributed by atoms with Gasteiger partial charge in [0.1, 0.15) is 0 Å². The minimum atomic E-state index is 0.156. The van der Waals surface area contributed by atoms with Gasteiger partial charge in [-0.05, 0) is 19.4 Å². The lowest BCUT2D eigenvalue weighted by Crippen LogP contribution is -2.26. The van der Waals surface area contributed by atoms with Crippen molar-refractivity contribution in [1.82, 2.24) is 15.1 Å². The molecule has 1 aromatic rings. The lowest BCUT2D eigenvalue weighted by molar-refractivity contribution is 0.123. The summed E-state index contributed by atoms with van der Waals surface area (Å²) in [4.78, 5) is 0. The normalized spacial score (nSPS) is 12.8. The zero-order valence-electron chi connectivity index (χ0n) is 12.7. The molecule has 0 bridgehead atoms. The standard InChI is InChI=1S/C14H26ClN3O2/c1-4-8-20-9-6-13(16-5-2)14-12(15)11-17-18(14)7-10-19-3/h11,13,16H,4-10H2,1-3H3. The summed E-state index contributed by atoms with van der Waals surface area (Å²) >= 11 is 6.29. The Balaban J connectivity index is 2.70. The molecular formula is C14H26ClN3O2. The van der Waals surface area contributed by atoms with E-state index in [1.54, 1.807) is 13.3 Å². The van der Waals surface area contributed by atoms with E-state index in [1.807, 2.05) is 4.68 Å². The summed E-state index contributed by atoms with van der Waals surface area (Å²) in [6.07, 6.45) is 3.62. The van der Waals surface area contributed by atoms with Gasteiger partial charge in [0.2, 0.25) is 0 Å². The Hall–Kier alpha value is -0.620. The first-order chi connectivity index (χ1) is 9.74. The number of methoxy groups -OCH3 is 1. The Kier molecular flexibility index (Phi) is 8.85. The molecule has 1 N–H and O–H groups in total. The van der Waals surface area contributed by atoms with E-state index in [9.17, 15) is 0 Å². The summed E-state index contributed by atoms with van der Waals surface area (Å²) in [6, 6.07) is 0.156. The van der Waals surface area contributed by atoms with Gasteiger partial charge in [-0.2, -0.15) is 5.10 Å². The highest BCUT2D eigenvalue weighted by molar-refractivity contribution is 6.31. The number of halogens is 1. The molecule has 0 aromatic carbocycles. The topological polar surface area (TPSA) is 48.3 Å². The first-order valence-electron chi connectivity index (χ1n) is 7.25. The van der Waals surface area contributed by atoms with Crippen molar-refractivity contribution in [2.24, 2.45) is 0 Å². The second-order valence-electron chi connectivity index (χ2n) is 4.60. The first-order valence-corrected chi connectivity index (χ1v) is 7.63. The number of aromatic nitrogens is 2. The summed E-state index contributed by atoms with van der Waals surface area (Å²) in [6.45, 7) is 7.92. The average molecular weight is 304 g/mol. The van der Waals surface area contributed by atoms with Crippen molar-refractivity contribution in [1.29, 1.82) is 0 Å². The lowest BCUT2D eigenvalue weighted by atomic mass is 10.1. The minimum absolute atomic E-state index is 0.156. The minimum Gasteiger partial charge on any atom is -0.383 e. The zero-order chi connectivity index (χ0) is 14.8. The van der Waals surface area contributed by atoms with Crippen LogP contribution in [0.25, 0.3) is 0 Å². The molecule has 0 aliphatic rings. The molecule has 0 aliphatic carbocycles. The maximum Gasteiger partial charge on any atom is 0.0834 e. The largest absolute Gasteiger partial charge is 0.383 e. The van der Waals surface area contributed by atoms with Crippen LogP contribution in [-0.4, -0.2) is 43.3 Å². The van der Waals surface area contributed by atoms with E-state index in [0.29, 0.717) is 18.2 Å². The number of ether oxygens (including phenoxy) is 2. The van der Waals surface area contributed by atoms with Crippen LogP contribution in [0.1, 0.15) is 38.4 Å². The Morgan fingerprint density at radius 2 is 2.15 bits per heavy atom. The molecule has 1 unspecified atom stereocenters. The van der Waals surface area contributed by atoms with E-state index in [2.05, 4.69) is 24.3 Å². The van der Waals surface area contributed by atoms with Crippen LogP contribution >= 0.6 is 11.6 Å². The third kappa shape index (κ3) is 5.40. The third-order valence-electron chi connectivity index (χ3n) is 3.02. The summed E-state index contributed by atoms with van der Waals surface area (Å²) < 4.78 is 12.6. The summed E-state index contributed by atoms with van der Waals surface area (Å²) in [5.74, 6) is 0. The van der Waals surface area contributed by atoms with Crippen molar-refractivity contribution in [3.63, 3.8) is 0 Å². The highest BCUT2D eigenvalue weighted by Crippen LogP contribution is 2.25. The predicted molar refractivity (Wildman–Crippen MR) is 81.3 cm³/mol. The van der Waals surface area contributed by atoms with E-state index in [0.717, 1.165) is 38.3 Å². The Bertz CT molecular complexity index is 371. The fourth-order valence-corrected chi connectivity index (χ4v) is 2.38. The van der Waals surface area contributed by atoms with Gasteiger partial charge in [0, 0.05) is 20.3 Å². The fourth-order valence-electron chi connectivity index (χ4n) is 2.10. The van der Waals surface area contributed by atoms with Crippen LogP contribution in [0.3, 0.4) is 0 Å². The molecule has 0 saturated carbocycles. The van der Waals surface area contributed by atoms with Gasteiger partial charge in [0.25, 0.3) is 0 Å². The maximum atomic E-state index is 6.29. The highest BCUT2D eigenvalue weighted by atomic mass is 35.5. The lowest BCUT2D eigenvalue weighted by Gasteiger charge is -2.20. The van der Waals surface area contributed by atoms with Crippen molar-refractivity contribution >= 4 is 11.6 Å². The summed E-state index contributed by atoms with van der Waals surface area (Å²) in [7, 11) is 1.69. The van der Waals surface area contributed by atoms with Gasteiger partial charge in [-0.3, -0.25) is 4.68 Å². The van der Waals surface area contributed by atoms with Crippen LogP contribution in [0.15, 0.2) is 6.20 Å². The number of nitrogens with zero attached hydrogens (tertiary/aromatic N) is 2. The quantitative estimate of drug-likeness (QED) is 0.639. The molecule has 1 aromatic heterocycles. The summed E-state index contributed by atoms with van der Waals surface area (Å²) in [5.41, 5.74) is 1.02. The smallest absolute Gasteiger partial charge is 0.0834 e. The van der Waals surface area contributed by atoms with Crippen molar-refractivity contribution < 1.29 is 9.47 Å². The van der Waals surface area contributed by atoms with E-state index in [1.165, 1.54) is 0 Å². The number of rotatable bonds is 11. The monoisotopic (exact) mass is 303 g/mol. The van der Waals surface area contributed by atoms with Crippen LogP contribution in [0.5, 0.6) is 0 Å². The number of hydrogen-bond donors (Lipinski definition) is 1. The van der Waals surface area contributed by atoms with Crippen LogP contribution in [0.4, 0.5) is 0 Å². The van der Waals surface area contributed by atoms with Crippen molar-refractivity contribution in [2.75, 3.05) is 33.5 Å². The van der Waals surface area contributed by atoms with Crippen LogP contribution in [0, 0.1) is 0 Å². The van der Waals surface area contributed by atoms with E-state index in [4.69, 9.17) is 21.1 Å². The first kappa shape index (κ1) is 17.4. The predicted octanol–water partition coefficient (Wildman–Crippen LogP) is 2.65. The molecule has 5 nitrogen and oxygen atoms in total. The fraction of sp³-hybridized carbons (Fsp3) is 0.786. The van der Waals surface area contributed by atoms with Gasteiger partial charge < -0.3 is 14.8 Å². The zero-order valence-corrected chi connectivity index (χ0v) is 13.4. The van der Waals surface area contributed by atoms with Gasteiger partial charge in [-0.25, -0.2) is 0 Å². The molecular weight excluding hydrogens is 278 g/mol. The SMILES string of the molecule is CCCOCCC(NCC)c1c(Cl)cnn1CCOC. The van der Waals surface area contributed by atoms with Crippen molar-refractivity contribution in [3.8, 4) is 0 Å². The van der Waals surface area contributed by atoms with Crippen LogP contribution in [0.2, 0.25) is 5.02 Å². The molecule has 0 amide bonds.